The number of hydrogen-bond donors (Lipinski definition) is 1. The molecule has 2 rings (SSSR count). The van der Waals surface area contributed by atoms with Crippen molar-refractivity contribution in [1.29, 1.82) is 0 Å². The minimum atomic E-state index is -3.71. The maximum Gasteiger partial charge on any atom is 0.241 e. The van der Waals surface area contributed by atoms with E-state index in [2.05, 4.69) is 11.6 Å². The largest absolute Gasteiger partial charge is 0.490 e. The fraction of sp³-hybridized carbons (Fsp3) is 0.647. The molecule has 0 radical (unpaired) electrons. The lowest BCUT2D eigenvalue weighted by Gasteiger charge is -2.26. The summed E-state index contributed by atoms with van der Waals surface area (Å²) in [4.78, 5) is 0.0364. The highest BCUT2D eigenvalue weighted by atomic mass is 32.2. The van der Waals surface area contributed by atoms with Crippen LogP contribution in [0, 0.1) is 11.7 Å². The number of halogens is 1. The average molecular weight is 343 g/mol. The summed E-state index contributed by atoms with van der Waals surface area (Å²) in [5.74, 6) is -0.0539. The summed E-state index contributed by atoms with van der Waals surface area (Å²) in [5, 5.41) is 0. The van der Waals surface area contributed by atoms with Crippen LogP contribution in [0.2, 0.25) is 0 Å². The van der Waals surface area contributed by atoms with E-state index in [9.17, 15) is 12.8 Å². The Morgan fingerprint density at radius 3 is 2.65 bits per heavy atom. The molecule has 0 saturated heterocycles. The molecule has 0 heterocycles. The Kier molecular flexibility index (Phi) is 5.68. The topological polar surface area (TPSA) is 55.4 Å². The number of nitrogens with one attached hydrogen (secondary N) is 1. The quantitative estimate of drug-likeness (QED) is 0.741. The van der Waals surface area contributed by atoms with Crippen LogP contribution in [0.25, 0.3) is 0 Å². The highest BCUT2D eigenvalue weighted by Crippen LogP contribution is 2.31. The lowest BCUT2D eigenvalue weighted by Crippen LogP contribution is -2.43. The standard InChI is InChI=1S/C17H26FNO3S/c1-4-5-10-17(2,3)19-23(20,21)14-8-9-15(18)16(11-14)22-12-13-6-7-13/h8-9,11,13,19H,4-7,10,12H2,1-3H3. The van der Waals surface area contributed by atoms with Gasteiger partial charge in [-0.1, -0.05) is 19.8 Å². The van der Waals surface area contributed by atoms with Gasteiger partial charge in [0.2, 0.25) is 10.0 Å². The third-order valence-electron chi connectivity index (χ3n) is 3.95. The fourth-order valence-corrected chi connectivity index (χ4v) is 3.80. The van der Waals surface area contributed by atoms with E-state index in [1.807, 2.05) is 13.8 Å². The smallest absolute Gasteiger partial charge is 0.241 e. The van der Waals surface area contributed by atoms with Gasteiger partial charge in [0.1, 0.15) is 0 Å². The lowest BCUT2D eigenvalue weighted by atomic mass is 9.99. The van der Waals surface area contributed by atoms with E-state index in [1.54, 1.807) is 0 Å². The van der Waals surface area contributed by atoms with Crippen LogP contribution >= 0.6 is 0 Å². The van der Waals surface area contributed by atoms with Crippen molar-refractivity contribution >= 4 is 10.0 Å². The van der Waals surface area contributed by atoms with Gasteiger partial charge in [0, 0.05) is 11.6 Å². The predicted octanol–water partition coefficient (Wildman–Crippen LogP) is 3.86. The Balaban J connectivity index is 2.13. The average Bonchev–Trinajstić information content (AvgIpc) is 3.27. The molecule has 1 aromatic rings. The zero-order valence-corrected chi connectivity index (χ0v) is 14.9. The van der Waals surface area contributed by atoms with Crippen LogP contribution in [0.4, 0.5) is 4.39 Å². The van der Waals surface area contributed by atoms with Crippen LogP contribution in [0.15, 0.2) is 23.1 Å². The molecule has 0 bridgehead atoms. The third-order valence-corrected chi connectivity index (χ3v) is 5.65. The second-order valence-electron chi connectivity index (χ2n) is 6.94. The molecule has 23 heavy (non-hydrogen) atoms. The Morgan fingerprint density at radius 1 is 1.35 bits per heavy atom. The van der Waals surface area contributed by atoms with E-state index in [4.69, 9.17) is 4.74 Å². The second kappa shape index (κ2) is 7.18. The Hall–Kier alpha value is -1.14. The van der Waals surface area contributed by atoms with Gasteiger partial charge in [0.05, 0.1) is 11.5 Å². The monoisotopic (exact) mass is 343 g/mol. The zero-order valence-electron chi connectivity index (χ0n) is 14.1. The second-order valence-corrected chi connectivity index (χ2v) is 8.62. The summed E-state index contributed by atoms with van der Waals surface area (Å²) in [6, 6.07) is 3.70. The molecule has 1 aliphatic rings. The normalized spacial score (nSPS) is 15.7. The van der Waals surface area contributed by atoms with Gasteiger partial charge in [-0.2, -0.15) is 0 Å². The van der Waals surface area contributed by atoms with E-state index < -0.39 is 21.4 Å². The van der Waals surface area contributed by atoms with Crippen LogP contribution in [0.3, 0.4) is 0 Å². The Bertz CT molecular complexity index is 639. The van der Waals surface area contributed by atoms with Gasteiger partial charge in [-0.15, -0.1) is 0 Å². The first kappa shape index (κ1) is 18.2. The summed E-state index contributed by atoms with van der Waals surface area (Å²) in [7, 11) is -3.71. The first-order valence-electron chi connectivity index (χ1n) is 8.20. The van der Waals surface area contributed by atoms with Gasteiger partial charge in [0.25, 0.3) is 0 Å². The van der Waals surface area contributed by atoms with Crippen molar-refractivity contribution in [3.63, 3.8) is 0 Å². The molecule has 0 aliphatic heterocycles. The zero-order chi connectivity index (χ0) is 17.1. The Labute approximate surface area is 138 Å². The summed E-state index contributed by atoms with van der Waals surface area (Å²) in [5.41, 5.74) is -0.543. The van der Waals surface area contributed by atoms with Crippen LogP contribution in [0.1, 0.15) is 52.9 Å². The van der Waals surface area contributed by atoms with Crippen molar-refractivity contribution < 1.29 is 17.5 Å². The predicted molar refractivity (Wildman–Crippen MR) is 88.5 cm³/mol. The van der Waals surface area contributed by atoms with Crippen molar-refractivity contribution in [2.45, 2.75) is 63.3 Å². The molecular weight excluding hydrogens is 317 g/mol. The molecule has 0 amide bonds. The number of hydrogen-bond acceptors (Lipinski definition) is 3. The first-order valence-corrected chi connectivity index (χ1v) is 9.68. The molecule has 0 aromatic heterocycles. The molecule has 1 N–H and O–H groups in total. The van der Waals surface area contributed by atoms with Gasteiger partial charge < -0.3 is 4.74 Å². The lowest BCUT2D eigenvalue weighted by molar-refractivity contribution is 0.284. The van der Waals surface area contributed by atoms with E-state index in [0.717, 1.165) is 38.2 Å². The molecule has 1 fully saturated rings. The number of benzene rings is 1. The van der Waals surface area contributed by atoms with E-state index in [1.165, 1.54) is 12.1 Å². The third kappa shape index (κ3) is 5.46. The van der Waals surface area contributed by atoms with Gasteiger partial charge >= 0.3 is 0 Å². The van der Waals surface area contributed by atoms with Crippen LogP contribution < -0.4 is 9.46 Å². The molecule has 1 aliphatic carbocycles. The Morgan fingerprint density at radius 2 is 2.04 bits per heavy atom. The SMILES string of the molecule is CCCCC(C)(C)NS(=O)(=O)c1ccc(F)c(OCC2CC2)c1. The van der Waals surface area contributed by atoms with Gasteiger partial charge in [-0.25, -0.2) is 17.5 Å². The molecule has 6 heteroatoms. The molecule has 1 aromatic carbocycles. The summed E-state index contributed by atoms with van der Waals surface area (Å²) < 4.78 is 47.0. The maximum absolute atomic E-state index is 13.8. The first-order chi connectivity index (χ1) is 10.7. The molecular formula is C17H26FNO3S. The number of rotatable bonds is 9. The van der Waals surface area contributed by atoms with Gasteiger partial charge in [0.15, 0.2) is 11.6 Å². The molecule has 1 saturated carbocycles. The highest BCUT2D eigenvalue weighted by molar-refractivity contribution is 7.89. The minimum Gasteiger partial charge on any atom is -0.490 e. The van der Waals surface area contributed by atoms with Crippen LogP contribution in [-0.2, 0) is 10.0 Å². The maximum atomic E-state index is 13.8. The van der Waals surface area contributed by atoms with Crippen LogP contribution in [-0.4, -0.2) is 20.6 Å². The van der Waals surface area contributed by atoms with Crippen molar-refractivity contribution in [2.24, 2.45) is 5.92 Å². The summed E-state index contributed by atoms with van der Waals surface area (Å²) in [6.45, 7) is 6.21. The fourth-order valence-electron chi connectivity index (χ4n) is 2.35. The number of ether oxygens (including phenoxy) is 1. The van der Waals surface area contributed by atoms with Crippen molar-refractivity contribution in [3.8, 4) is 5.75 Å². The number of sulfonamides is 1. The van der Waals surface area contributed by atoms with Crippen LogP contribution in [0.5, 0.6) is 5.75 Å². The highest BCUT2D eigenvalue weighted by Gasteiger charge is 2.27. The van der Waals surface area contributed by atoms with Gasteiger partial charge in [-0.05, 0) is 51.2 Å². The van der Waals surface area contributed by atoms with Crippen molar-refractivity contribution in [3.05, 3.63) is 24.0 Å². The van der Waals surface area contributed by atoms with E-state index >= 15 is 0 Å². The van der Waals surface area contributed by atoms with E-state index in [0.29, 0.717) is 12.5 Å². The van der Waals surface area contributed by atoms with Crippen molar-refractivity contribution in [1.82, 2.24) is 4.72 Å². The number of unbranched alkanes of at least 4 members (excludes halogenated alkanes) is 1. The van der Waals surface area contributed by atoms with E-state index in [-0.39, 0.29) is 10.6 Å². The van der Waals surface area contributed by atoms with Gasteiger partial charge in [-0.3, -0.25) is 0 Å². The minimum absolute atomic E-state index is 0.00568. The van der Waals surface area contributed by atoms with Crippen molar-refractivity contribution in [2.75, 3.05) is 6.61 Å². The summed E-state index contributed by atoms with van der Waals surface area (Å²) in [6.07, 6.45) is 4.87. The molecule has 0 unspecified atom stereocenters. The molecule has 4 nitrogen and oxygen atoms in total. The molecule has 0 atom stereocenters. The summed E-state index contributed by atoms with van der Waals surface area (Å²) >= 11 is 0. The molecule has 130 valence electrons. The molecule has 0 spiro atoms.